The van der Waals surface area contributed by atoms with Gasteiger partial charge in [-0.15, -0.1) is 11.3 Å². The highest BCUT2D eigenvalue weighted by Crippen LogP contribution is 2.28. The van der Waals surface area contributed by atoms with Crippen LogP contribution in [0.15, 0.2) is 41.3 Å². The largest absolute Gasteiger partial charge is 0.448 e. The van der Waals surface area contributed by atoms with Crippen molar-refractivity contribution in [1.29, 1.82) is 0 Å². The van der Waals surface area contributed by atoms with Crippen LogP contribution < -0.4 is 0 Å². The molecule has 0 radical (unpaired) electrons. The average Bonchev–Trinajstić information content (AvgIpc) is 3.35. The number of aryl methyl sites for hydroxylation is 2. The zero-order valence-electron chi connectivity index (χ0n) is 18.0. The van der Waals surface area contributed by atoms with Gasteiger partial charge in [0.2, 0.25) is 10.0 Å². The number of carbonyl (C=O) groups is 2. The lowest BCUT2D eigenvalue weighted by Crippen LogP contribution is -2.52. The zero-order chi connectivity index (χ0) is 23.0. The number of fused-ring (bicyclic) bond motifs is 1. The summed E-state index contributed by atoms with van der Waals surface area (Å²) in [6.45, 7) is 4.25. The van der Waals surface area contributed by atoms with Crippen molar-refractivity contribution in [2.75, 3.05) is 26.2 Å². The summed E-state index contributed by atoms with van der Waals surface area (Å²) < 4.78 is 34.0. The highest BCUT2D eigenvalue weighted by molar-refractivity contribution is 7.89. The standard InChI is InChI=1S/C21H24N4O5S2/c1-14-17-13-18(31-20(17)23(3)22-14)21(27)30-15(2)19(26)24-9-11-25(12-10-24)32(28,29)16-7-5-4-6-8-16/h4-8,13,15H,9-12H2,1-3H3. The highest BCUT2D eigenvalue weighted by atomic mass is 32.2. The predicted octanol–water partition coefficient (Wildman–Crippen LogP) is 2.02. The highest BCUT2D eigenvalue weighted by Gasteiger charge is 2.32. The maximum Gasteiger partial charge on any atom is 0.349 e. The van der Waals surface area contributed by atoms with Crippen LogP contribution in [0.2, 0.25) is 0 Å². The average molecular weight is 477 g/mol. The van der Waals surface area contributed by atoms with E-state index < -0.39 is 22.1 Å². The summed E-state index contributed by atoms with van der Waals surface area (Å²) in [6, 6.07) is 9.96. The van der Waals surface area contributed by atoms with Crippen molar-refractivity contribution in [1.82, 2.24) is 19.0 Å². The molecule has 1 aliphatic heterocycles. The fraction of sp³-hybridized carbons (Fsp3) is 0.381. The summed E-state index contributed by atoms with van der Waals surface area (Å²) in [6.07, 6.45) is -0.968. The van der Waals surface area contributed by atoms with E-state index in [0.717, 1.165) is 15.9 Å². The van der Waals surface area contributed by atoms with Gasteiger partial charge in [0, 0.05) is 38.6 Å². The summed E-state index contributed by atoms with van der Waals surface area (Å²) in [5.74, 6) is -0.897. The molecule has 2 aromatic heterocycles. The van der Waals surface area contributed by atoms with E-state index in [1.807, 2.05) is 14.0 Å². The fourth-order valence-corrected chi connectivity index (χ4v) is 6.17. The second-order valence-electron chi connectivity index (χ2n) is 7.63. The quantitative estimate of drug-likeness (QED) is 0.522. The molecule has 32 heavy (non-hydrogen) atoms. The molecule has 1 saturated heterocycles. The second-order valence-corrected chi connectivity index (χ2v) is 10.6. The van der Waals surface area contributed by atoms with Gasteiger partial charge in [-0.05, 0) is 32.0 Å². The number of carbonyl (C=O) groups excluding carboxylic acids is 2. The molecule has 0 N–H and O–H groups in total. The molecule has 4 rings (SSSR count). The first-order chi connectivity index (χ1) is 15.2. The lowest BCUT2D eigenvalue weighted by Gasteiger charge is -2.35. The molecule has 0 spiro atoms. The molecule has 1 unspecified atom stereocenters. The van der Waals surface area contributed by atoms with Crippen molar-refractivity contribution in [2.45, 2.75) is 24.8 Å². The molecular weight excluding hydrogens is 452 g/mol. The van der Waals surface area contributed by atoms with Crippen LogP contribution in [0, 0.1) is 6.92 Å². The van der Waals surface area contributed by atoms with E-state index in [0.29, 0.717) is 4.88 Å². The van der Waals surface area contributed by atoms with E-state index in [2.05, 4.69) is 5.10 Å². The number of piperazine rings is 1. The summed E-state index contributed by atoms with van der Waals surface area (Å²) in [5.41, 5.74) is 0.824. The van der Waals surface area contributed by atoms with Crippen molar-refractivity contribution in [2.24, 2.45) is 7.05 Å². The second kappa shape index (κ2) is 8.64. The van der Waals surface area contributed by atoms with Gasteiger partial charge in [-0.1, -0.05) is 18.2 Å². The first-order valence-corrected chi connectivity index (χ1v) is 12.4. The molecule has 3 heterocycles. The molecule has 1 amide bonds. The van der Waals surface area contributed by atoms with E-state index in [4.69, 9.17) is 4.74 Å². The van der Waals surface area contributed by atoms with Crippen molar-refractivity contribution < 1.29 is 22.7 Å². The number of nitrogens with zero attached hydrogens (tertiary/aromatic N) is 4. The fourth-order valence-electron chi connectivity index (χ4n) is 3.72. The first kappa shape index (κ1) is 22.4. The van der Waals surface area contributed by atoms with E-state index in [-0.39, 0.29) is 37.0 Å². The van der Waals surface area contributed by atoms with Gasteiger partial charge < -0.3 is 9.64 Å². The van der Waals surface area contributed by atoms with Crippen molar-refractivity contribution >= 4 is 43.5 Å². The summed E-state index contributed by atoms with van der Waals surface area (Å²) >= 11 is 1.27. The molecule has 0 aliphatic carbocycles. The van der Waals surface area contributed by atoms with E-state index in [1.165, 1.54) is 27.5 Å². The number of ether oxygens (including phenoxy) is 1. The van der Waals surface area contributed by atoms with Gasteiger partial charge in [-0.3, -0.25) is 9.48 Å². The van der Waals surface area contributed by atoms with Crippen LogP contribution in [0.25, 0.3) is 10.2 Å². The minimum atomic E-state index is -3.60. The Morgan fingerprint density at radius 1 is 1.12 bits per heavy atom. The van der Waals surface area contributed by atoms with Crippen LogP contribution in [0.3, 0.4) is 0 Å². The van der Waals surface area contributed by atoms with Gasteiger partial charge in [0.1, 0.15) is 9.71 Å². The Morgan fingerprint density at radius 3 is 2.41 bits per heavy atom. The van der Waals surface area contributed by atoms with Gasteiger partial charge in [-0.2, -0.15) is 9.40 Å². The minimum absolute atomic E-state index is 0.187. The Balaban J connectivity index is 1.36. The van der Waals surface area contributed by atoms with E-state index in [1.54, 1.807) is 41.1 Å². The third-order valence-corrected chi connectivity index (χ3v) is 8.56. The maximum absolute atomic E-state index is 12.8. The van der Waals surface area contributed by atoms with Crippen LogP contribution in [-0.4, -0.2) is 71.6 Å². The summed E-state index contributed by atoms with van der Waals surface area (Å²) in [4.78, 5) is 28.4. The summed E-state index contributed by atoms with van der Waals surface area (Å²) in [7, 11) is -1.79. The predicted molar refractivity (Wildman–Crippen MR) is 120 cm³/mol. The molecule has 11 heteroatoms. The van der Waals surface area contributed by atoms with Crippen molar-refractivity contribution in [3.63, 3.8) is 0 Å². The number of hydrogen-bond acceptors (Lipinski definition) is 7. The van der Waals surface area contributed by atoms with Gasteiger partial charge in [-0.25, -0.2) is 13.2 Å². The van der Waals surface area contributed by atoms with E-state index in [9.17, 15) is 18.0 Å². The Bertz CT molecular complexity index is 1220. The molecule has 0 bridgehead atoms. The molecule has 0 saturated carbocycles. The van der Waals surface area contributed by atoms with Crippen LogP contribution >= 0.6 is 11.3 Å². The molecule has 1 aliphatic rings. The topological polar surface area (TPSA) is 102 Å². The molecule has 1 atom stereocenters. The minimum Gasteiger partial charge on any atom is -0.448 e. The maximum atomic E-state index is 12.8. The number of sulfonamides is 1. The van der Waals surface area contributed by atoms with Crippen LogP contribution in [0.4, 0.5) is 0 Å². The monoisotopic (exact) mass is 476 g/mol. The van der Waals surface area contributed by atoms with E-state index >= 15 is 0 Å². The molecule has 9 nitrogen and oxygen atoms in total. The SMILES string of the molecule is Cc1nn(C)c2sc(C(=O)OC(C)C(=O)N3CCN(S(=O)(=O)c4ccccc4)CC3)cc12. The lowest BCUT2D eigenvalue weighted by atomic mass is 10.3. The number of hydrogen-bond donors (Lipinski definition) is 0. The van der Waals surface area contributed by atoms with Crippen LogP contribution in [-0.2, 0) is 26.6 Å². The van der Waals surface area contributed by atoms with Gasteiger partial charge >= 0.3 is 5.97 Å². The Hall–Kier alpha value is -2.76. The smallest absolute Gasteiger partial charge is 0.349 e. The lowest BCUT2D eigenvalue weighted by molar-refractivity contribution is -0.141. The molecule has 1 fully saturated rings. The molecule has 170 valence electrons. The number of benzene rings is 1. The number of thiophene rings is 1. The zero-order valence-corrected chi connectivity index (χ0v) is 19.6. The van der Waals surface area contributed by atoms with Crippen molar-refractivity contribution in [3.05, 3.63) is 47.0 Å². The Morgan fingerprint density at radius 2 is 1.78 bits per heavy atom. The van der Waals surface area contributed by atoms with Gasteiger partial charge in [0.05, 0.1) is 10.6 Å². The molecular formula is C21H24N4O5S2. The third-order valence-electron chi connectivity index (χ3n) is 5.46. The molecule has 1 aromatic carbocycles. The third kappa shape index (κ3) is 4.15. The Kier molecular flexibility index (Phi) is 6.06. The van der Waals surface area contributed by atoms with Gasteiger partial charge in [0.15, 0.2) is 6.10 Å². The van der Waals surface area contributed by atoms with Crippen LogP contribution in [0.5, 0.6) is 0 Å². The van der Waals surface area contributed by atoms with Gasteiger partial charge in [0.25, 0.3) is 5.91 Å². The summed E-state index contributed by atoms with van der Waals surface area (Å²) in [5, 5.41) is 5.20. The number of aromatic nitrogens is 2. The first-order valence-electron chi connectivity index (χ1n) is 10.2. The normalized spacial score (nSPS) is 16.3. The molecule has 3 aromatic rings. The number of rotatable bonds is 5. The number of esters is 1. The Labute approximate surface area is 190 Å². The number of amides is 1. The van der Waals surface area contributed by atoms with Crippen molar-refractivity contribution in [3.8, 4) is 0 Å². The van der Waals surface area contributed by atoms with Crippen LogP contribution in [0.1, 0.15) is 22.3 Å².